The Labute approximate surface area is 135 Å². The fraction of sp³-hybridized carbons (Fsp3) is 0.389. The van der Waals surface area contributed by atoms with Crippen molar-refractivity contribution in [2.45, 2.75) is 39.3 Å². The van der Waals surface area contributed by atoms with Crippen LogP contribution in [0.15, 0.2) is 29.1 Å². The molecule has 1 aliphatic heterocycles. The molecule has 0 amide bonds. The van der Waals surface area contributed by atoms with Gasteiger partial charge in [-0.05, 0) is 11.6 Å². The van der Waals surface area contributed by atoms with Gasteiger partial charge < -0.3 is 4.98 Å². The van der Waals surface area contributed by atoms with Gasteiger partial charge in [0.2, 0.25) is 0 Å². The summed E-state index contributed by atoms with van der Waals surface area (Å²) in [5.74, 6) is 0.977. The topological polar surface area (TPSA) is 72.8 Å². The first-order valence-electron chi connectivity index (χ1n) is 7.91. The number of rotatable bonds is 3. The van der Waals surface area contributed by atoms with Crippen LogP contribution in [0.3, 0.4) is 0 Å². The summed E-state index contributed by atoms with van der Waals surface area (Å²) in [7, 11) is 0. The number of aromatic amines is 1. The number of nitrogens with one attached hydrogen (secondary N) is 1. The highest BCUT2D eigenvalue weighted by Gasteiger charge is 2.22. The van der Waals surface area contributed by atoms with E-state index in [4.69, 9.17) is 0 Å². The maximum atomic E-state index is 12.3. The van der Waals surface area contributed by atoms with Gasteiger partial charge >= 0.3 is 0 Å². The van der Waals surface area contributed by atoms with Crippen molar-refractivity contribution in [3.63, 3.8) is 0 Å². The van der Waals surface area contributed by atoms with Crippen LogP contribution >= 0.6 is 0 Å². The van der Waals surface area contributed by atoms with E-state index in [1.165, 1.54) is 0 Å². The van der Waals surface area contributed by atoms with Gasteiger partial charge in [0.1, 0.15) is 5.82 Å². The molecule has 0 bridgehead atoms. The number of nitrogens with zero attached hydrogens (tertiary/aromatic N) is 3. The molecular weight excluding hydrogens is 288 g/mol. The Bertz CT molecular complexity index is 817. The summed E-state index contributed by atoms with van der Waals surface area (Å²) in [5.41, 5.74) is 3.34. The third-order valence-electron chi connectivity index (χ3n) is 4.24. The fourth-order valence-electron chi connectivity index (χ4n) is 2.92. The number of aromatic nitrogens is 2. The van der Waals surface area contributed by atoms with E-state index in [0.29, 0.717) is 18.7 Å². The van der Waals surface area contributed by atoms with Gasteiger partial charge in [-0.1, -0.05) is 32.0 Å². The van der Waals surface area contributed by atoms with Crippen LogP contribution in [0.1, 0.15) is 48.0 Å². The van der Waals surface area contributed by atoms with Crippen LogP contribution in [0.25, 0.3) is 0 Å². The zero-order valence-electron chi connectivity index (χ0n) is 13.5. The molecule has 0 aliphatic carbocycles. The molecule has 0 saturated heterocycles. The normalized spacial score (nSPS) is 14.5. The predicted octanol–water partition coefficient (Wildman–Crippen LogP) is 2.32. The number of hydrogen-bond acceptors (Lipinski definition) is 4. The fourth-order valence-corrected chi connectivity index (χ4v) is 2.92. The van der Waals surface area contributed by atoms with Gasteiger partial charge in [-0.15, -0.1) is 0 Å². The maximum Gasteiger partial charge on any atom is 0.255 e. The number of nitriles is 1. The predicted molar refractivity (Wildman–Crippen MR) is 87.9 cm³/mol. The number of H-pyrrole nitrogens is 1. The second-order valence-electron chi connectivity index (χ2n) is 6.26. The van der Waals surface area contributed by atoms with Crippen LogP contribution in [0.2, 0.25) is 0 Å². The van der Waals surface area contributed by atoms with Crippen molar-refractivity contribution < 1.29 is 0 Å². The summed E-state index contributed by atoms with van der Waals surface area (Å²) in [4.78, 5) is 22.0. The molecule has 2 heterocycles. The van der Waals surface area contributed by atoms with Crippen molar-refractivity contribution in [3.8, 4) is 6.07 Å². The summed E-state index contributed by atoms with van der Waals surface area (Å²) in [6.45, 7) is 6.16. The highest BCUT2D eigenvalue weighted by molar-refractivity contribution is 5.37. The van der Waals surface area contributed by atoms with Crippen molar-refractivity contribution in [2.75, 3.05) is 6.54 Å². The lowest BCUT2D eigenvalue weighted by Crippen LogP contribution is -2.36. The van der Waals surface area contributed by atoms with Gasteiger partial charge in [0.15, 0.2) is 0 Å². The summed E-state index contributed by atoms with van der Waals surface area (Å²) >= 11 is 0. The molecule has 0 saturated carbocycles. The third kappa shape index (κ3) is 3.17. The molecule has 2 aromatic rings. The minimum atomic E-state index is -0.0306. The molecular formula is C18H20N4O. The molecule has 0 atom stereocenters. The lowest BCUT2D eigenvalue weighted by Gasteiger charge is -2.28. The van der Waals surface area contributed by atoms with E-state index in [2.05, 4.69) is 20.9 Å². The van der Waals surface area contributed by atoms with Crippen LogP contribution < -0.4 is 5.56 Å². The van der Waals surface area contributed by atoms with E-state index in [1.807, 2.05) is 38.1 Å². The Morgan fingerprint density at radius 3 is 2.91 bits per heavy atom. The highest BCUT2D eigenvalue weighted by Crippen LogP contribution is 2.19. The van der Waals surface area contributed by atoms with E-state index < -0.39 is 0 Å². The standard InChI is InChI=1S/C18H20N4O/c1-12(2)17-20-16-7-8-22(11-15(16)18(23)21-17)10-14-6-4-3-5-13(14)9-19/h3-6,12H,7-8,10-11H2,1-2H3,(H,20,21,23). The summed E-state index contributed by atoms with van der Waals surface area (Å²) in [6.07, 6.45) is 0.772. The Morgan fingerprint density at radius 2 is 2.17 bits per heavy atom. The van der Waals surface area contributed by atoms with E-state index in [-0.39, 0.29) is 11.5 Å². The number of hydrogen-bond donors (Lipinski definition) is 1. The molecule has 1 aromatic heterocycles. The minimum Gasteiger partial charge on any atom is -0.310 e. The van der Waals surface area contributed by atoms with Gasteiger partial charge in [-0.2, -0.15) is 5.26 Å². The Balaban J connectivity index is 1.84. The van der Waals surface area contributed by atoms with Gasteiger partial charge in [0.25, 0.3) is 5.56 Å². The number of benzene rings is 1. The van der Waals surface area contributed by atoms with Crippen molar-refractivity contribution in [1.29, 1.82) is 5.26 Å². The summed E-state index contributed by atoms with van der Waals surface area (Å²) < 4.78 is 0. The molecule has 23 heavy (non-hydrogen) atoms. The molecule has 1 N–H and O–H groups in total. The molecule has 0 radical (unpaired) electrons. The van der Waals surface area contributed by atoms with Gasteiger partial charge in [0, 0.05) is 32.0 Å². The SMILES string of the molecule is CC(C)c1nc2c(c(=O)[nH]1)CN(Cc1ccccc1C#N)CC2. The Kier molecular flexibility index (Phi) is 4.26. The Hall–Kier alpha value is -2.45. The molecule has 0 unspecified atom stereocenters. The molecule has 1 aromatic carbocycles. The quantitative estimate of drug-likeness (QED) is 0.944. The average Bonchev–Trinajstić information content (AvgIpc) is 2.55. The van der Waals surface area contributed by atoms with E-state index in [1.54, 1.807) is 0 Å². The van der Waals surface area contributed by atoms with Crippen molar-refractivity contribution in [2.24, 2.45) is 0 Å². The third-order valence-corrected chi connectivity index (χ3v) is 4.24. The second kappa shape index (κ2) is 6.35. The molecule has 5 nitrogen and oxygen atoms in total. The van der Waals surface area contributed by atoms with E-state index in [0.717, 1.165) is 35.6 Å². The van der Waals surface area contributed by atoms with Gasteiger partial charge in [-0.3, -0.25) is 9.69 Å². The lowest BCUT2D eigenvalue weighted by atomic mass is 10.0. The average molecular weight is 308 g/mol. The molecule has 118 valence electrons. The zero-order chi connectivity index (χ0) is 16.4. The van der Waals surface area contributed by atoms with Crippen molar-refractivity contribution >= 4 is 0 Å². The van der Waals surface area contributed by atoms with E-state index in [9.17, 15) is 10.1 Å². The summed E-state index contributed by atoms with van der Waals surface area (Å²) in [6, 6.07) is 9.84. The van der Waals surface area contributed by atoms with Crippen molar-refractivity contribution in [1.82, 2.24) is 14.9 Å². The van der Waals surface area contributed by atoms with Crippen LogP contribution in [-0.4, -0.2) is 21.4 Å². The van der Waals surface area contributed by atoms with Crippen LogP contribution in [0.4, 0.5) is 0 Å². The molecule has 1 aliphatic rings. The lowest BCUT2D eigenvalue weighted by molar-refractivity contribution is 0.241. The van der Waals surface area contributed by atoms with Crippen LogP contribution in [0.5, 0.6) is 0 Å². The zero-order valence-corrected chi connectivity index (χ0v) is 13.5. The monoisotopic (exact) mass is 308 g/mol. The van der Waals surface area contributed by atoms with Gasteiger partial charge in [0.05, 0.1) is 22.9 Å². The first kappa shape index (κ1) is 15.4. The minimum absolute atomic E-state index is 0.0306. The van der Waals surface area contributed by atoms with Crippen molar-refractivity contribution in [3.05, 3.63) is 62.8 Å². The largest absolute Gasteiger partial charge is 0.310 e. The molecule has 3 rings (SSSR count). The smallest absolute Gasteiger partial charge is 0.255 e. The number of fused-ring (bicyclic) bond motifs is 1. The molecule has 5 heteroatoms. The first-order chi connectivity index (χ1) is 11.1. The van der Waals surface area contributed by atoms with Crippen LogP contribution in [0, 0.1) is 11.3 Å². The summed E-state index contributed by atoms with van der Waals surface area (Å²) in [5, 5.41) is 9.20. The Morgan fingerprint density at radius 1 is 1.39 bits per heavy atom. The first-order valence-corrected chi connectivity index (χ1v) is 7.91. The van der Waals surface area contributed by atoms with E-state index >= 15 is 0 Å². The molecule has 0 spiro atoms. The second-order valence-corrected chi connectivity index (χ2v) is 6.26. The highest BCUT2D eigenvalue weighted by atomic mass is 16.1. The van der Waals surface area contributed by atoms with Crippen LogP contribution in [-0.2, 0) is 19.5 Å². The maximum absolute atomic E-state index is 12.3. The van der Waals surface area contributed by atoms with Gasteiger partial charge in [-0.25, -0.2) is 4.98 Å². The molecule has 0 fully saturated rings.